The van der Waals surface area contributed by atoms with Gasteiger partial charge in [0.1, 0.15) is 11.7 Å². The van der Waals surface area contributed by atoms with Gasteiger partial charge in [-0.3, -0.25) is 0 Å². The van der Waals surface area contributed by atoms with Crippen LogP contribution in [0.5, 0.6) is 5.88 Å². The van der Waals surface area contributed by atoms with E-state index < -0.39 is 5.97 Å². The summed E-state index contributed by atoms with van der Waals surface area (Å²) < 4.78 is 5.77. The maximum atomic E-state index is 11.1. The van der Waals surface area contributed by atoms with Crippen LogP contribution in [0.1, 0.15) is 30.1 Å². The molecule has 2 rings (SSSR count). The molecule has 2 heterocycles. The van der Waals surface area contributed by atoms with Crippen molar-refractivity contribution in [2.75, 3.05) is 20.1 Å². The van der Waals surface area contributed by atoms with E-state index >= 15 is 0 Å². The highest BCUT2D eigenvalue weighted by Crippen LogP contribution is 2.24. The molecule has 5 nitrogen and oxygen atoms in total. The highest BCUT2D eigenvalue weighted by atomic mass is 16.5. The lowest BCUT2D eigenvalue weighted by atomic mass is 9.92. The minimum Gasteiger partial charge on any atom is -0.477 e. The number of ether oxygens (including phenoxy) is 1. The summed E-state index contributed by atoms with van der Waals surface area (Å²) in [6.45, 7) is 4.12. The summed E-state index contributed by atoms with van der Waals surface area (Å²) in [4.78, 5) is 17.4. The first-order valence-corrected chi connectivity index (χ1v) is 6.61. The number of hydrogen-bond acceptors (Lipinski definition) is 4. The third-order valence-corrected chi connectivity index (χ3v) is 3.73. The van der Waals surface area contributed by atoms with Gasteiger partial charge in [0.25, 0.3) is 0 Å². The average molecular weight is 264 g/mol. The molecule has 1 N–H and O–H groups in total. The molecule has 1 saturated heterocycles. The second-order valence-corrected chi connectivity index (χ2v) is 5.12. The van der Waals surface area contributed by atoms with Crippen molar-refractivity contribution < 1.29 is 14.6 Å². The number of pyridine rings is 1. The Kier molecular flexibility index (Phi) is 4.37. The van der Waals surface area contributed by atoms with Crippen LogP contribution < -0.4 is 4.74 Å². The molecule has 0 radical (unpaired) electrons. The molecule has 1 fully saturated rings. The number of carboxylic acids is 1. The molecule has 1 aromatic heterocycles. The average Bonchev–Trinajstić information content (AvgIpc) is 2.39. The maximum Gasteiger partial charge on any atom is 0.341 e. The van der Waals surface area contributed by atoms with Crippen LogP contribution in [-0.2, 0) is 0 Å². The van der Waals surface area contributed by atoms with Gasteiger partial charge in [0.05, 0.1) is 0 Å². The third-order valence-electron chi connectivity index (χ3n) is 3.73. The smallest absolute Gasteiger partial charge is 0.341 e. The fourth-order valence-electron chi connectivity index (χ4n) is 2.42. The quantitative estimate of drug-likeness (QED) is 0.899. The van der Waals surface area contributed by atoms with Gasteiger partial charge in [0.15, 0.2) is 0 Å². The van der Waals surface area contributed by atoms with Crippen molar-refractivity contribution >= 4 is 5.97 Å². The number of carbonyl (C=O) groups is 1. The molecular formula is C14H20N2O3. The Morgan fingerprint density at radius 2 is 2.21 bits per heavy atom. The second kappa shape index (κ2) is 6.02. The van der Waals surface area contributed by atoms with Crippen LogP contribution in [0.15, 0.2) is 18.3 Å². The van der Waals surface area contributed by atoms with Crippen molar-refractivity contribution in [1.29, 1.82) is 0 Å². The number of aromatic nitrogens is 1. The Bertz CT molecular complexity index is 442. The molecule has 19 heavy (non-hydrogen) atoms. The minimum atomic E-state index is -1.00. The topological polar surface area (TPSA) is 62.7 Å². The summed E-state index contributed by atoms with van der Waals surface area (Å²) in [6, 6.07) is 3.13. The van der Waals surface area contributed by atoms with Gasteiger partial charge in [-0.25, -0.2) is 9.78 Å². The van der Waals surface area contributed by atoms with Gasteiger partial charge in [-0.15, -0.1) is 0 Å². The van der Waals surface area contributed by atoms with Crippen LogP contribution in [0.2, 0.25) is 0 Å². The summed E-state index contributed by atoms with van der Waals surface area (Å²) in [6.07, 6.45) is 3.70. The standard InChI is InChI=1S/C14H20N2O3/c1-10(11-5-8-16(2)9-6-11)19-13-12(14(17)18)4-3-7-15-13/h3-4,7,10-11H,5-6,8-9H2,1-2H3,(H,17,18). The molecule has 1 aliphatic rings. The Balaban J connectivity index is 2.02. The summed E-state index contributed by atoms with van der Waals surface area (Å²) in [7, 11) is 2.11. The summed E-state index contributed by atoms with van der Waals surface area (Å²) >= 11 is 0. The lowest BCUT2D eigenvalue weighted by Crippen LogP contribution is -2.36. The number of piperidine rings is 1. The van der Waals surface area contributed by atoms with Gasteiger partial charge >= 0.3 is 5.97 Å². The van der Waals surface area contributed by atoms with Gasteiger partial charge in [-0.2, -0.15) is 0 Å². The predicted molar refractivity (Wildman–Crippen MR) is 71.5 cm³/mol. The largest absolute Gasteiger partial charge is 0.477 e. The Morgan fingerprint density at radius 1 is 1.53 bits per heavy atom. The molecule has 0 bridgehead atoms. The lowest BCUT2D eigenvalue weighted by Gasteiger charge is -2.32. The van der Waals surface area contributed by atoms with Gasteiger partial charge in [-0.05, 0) is 58.0 Å². The predicted octanol–water partition coefficient (Wildman–Crippen LogP) is 1.89. The van der Waals surface area contributed by atoms with E-state index in [1.807, 2.05) is 6.92 Å². The Labute approximate surface area is 113 Å². The van der Waals surface area contributed by atoms with E-state index in [1.54, 1.807) is 12.3 Å². The summed E-state index contributed by atoms with van der Waals surface area (Å²) in [5.41, 5.74) is 0.127. The number of likely N-dealkylation sites (tertiary alicyclic amines) is 1. The van der Waals surface area contributed by atoms with E-state index in [9.17, 15) is 4.79 Å². The molecule has 0 aromatic carbocycles. The normalized spacial score (nSPS) is 19.1. The zero-order chi connectivity index (χ0) is 13.8. The maximum absolute atomic E-state index is 11.1. The number of nitrogens with zero attached hydrogens (tertiary/aromatic N) is 2. The molecule has 0 saturated carbocycles. The molecular weight excluding hydrogens is 244 g/mol. The molecule has 1 atom stereocenters. The van der Waals surface area contributed by atoms with Crippen LogP contribution in [-0.4, -0.2) is 47.2 Å². The molecule has 0 spiro atoms. The first-order valence-electron chi connectivity index (χ1n) is 6.61. The first-order chi connectivity index (χ1) is 9.08. The summed E-state index contributed by atoms with van der Waals surface area (Å²) in [5, 5.41) is 9.10. The second-order valence-electron chi connectivity index (χ2n) is 5.12. The molecule has 1 unspecified atom stereocenters. The van der Waals surface area contributed by atoms with Crippen LogP contribution in [0.25, 0.3) is 0 Å². The van der Waals surface area contributed by atoms with Crippen molar-refractivity contribution in [3.8, 4) is 5.88 Å². The molecule has 5 heteroatoms. The number of rotatable bonds is 4. The van der Waals surface area contributed by atoms with Gasteiger partial charge in [0, 0.05) is 6.20 Å². The molecule has 1 aromatic rings. The van der Waals surface area contributed by atoms with Crippen LogP contribution in [0.3, 0.4) is 0 Å². The van der Waals surface area contributed by atoms with Crippen LogP contribution >= 0.6 is 0 Å². The van der Waals surface area contributed by atoms with Crippen LogP contribution in [0.4, 0.5) is 0 Å². The number of aromatic carboxylic acids is 1. The SMILES string of the molecule is CC(Oc1ncccc1C(=O)O)C1CCN(C)CC1. The van der Waals surface area contributed by atoms with E-state index in [4.69, 9.17) is 9.84 Å². The van der Waals surface area contributed by atoms with E-state index in [2.05, 4.69) is 16.9 Å². The monoisotopic (exact) mass is 264 g/mol. The minimum absolute atomic E-state index is 0.0123. The van der Waals surface area contributed by atoms with Gasteiger partial charge in [-0.1, -0.05) is 0 Å². The van der Waals surface area contributed by atoms with Crippen molar-refractivity contribution in [3.05, 3.63) is 23.9 Å². The third kappa shape index (κ3) is 3.44. The fourth-order valence-corrected chi connectivity index (χ4v) is 2.42. The van der Waals surface area contributed by atoms with E-state index in [0.29, 0.717) is 5.92 Å². The summed E-state index contributed by atoms with van der Waals surface area (Å²) in [5.74, 6) is -0.319. The van der Waals surface area contributed by atoms with Crippen LogP contribution in [0, 0.1) is 5.92 Å². The van der Waals surface area contributed by atoms with E-state index in [-0.39, 0.29) is 17.5 Å². The number of hydrogen-bond donors (Lipinski definition) is 1. The fraction of sp³-hybridized carbons (Fsp3) is 0.571. The Morgan fingerprint density at radius 3 is 2.84 bits per heavy atom. The van der Waals surface area contributed by atoms with Crippen molar-refractivity contribution in [2.24, 2.45) is 5.92 Å². The highest BCUT2D eigenvalue weighted by molar-refractivity contribution is 5.90. The first kappa shape index (κ1) is 13.8. The van der Waals surface area contributed by atoms with Crippen molar-refractivity contribution in [2.45, 2.75) is 25.9 Å². The molecule has 0 amide bonds. The highest BCUT2D eigenvalue weighted by Gasteiger charge is 2.25. The van der Waals surface area contributed by atoms with E-state index in [1.165, 1.54) is 6.07 Å². The lowest BCUT2D eigenvalue weighted by molar-refractivity contribution is 0.0670. The van der Waals surface area contributed by atoms with Gasteiger partial charge in [0.2, 0.25) is 5.88 Å². The van der Waals surface area contributed by atoms with Gasteiger partial charge < -0.3 is 14.7 Å². The zero-order valence-electron chi connectivity index (χ0n) is 11.4. The number of carboxylic acid groups (broad SMARTS) is 1. The zero-order valence-corrected chi connectivity index (χ0v) is 11.4. The van der Waals surface area contributed by atoms with Crippen molar-refractivity contribution in [1.82, 2.24) is 9.88 Å². The molecule has 104 valence electrons. The Hall–Kier alpha value is -1.62. The van der Waals surface area contributed by atoms with Crippen molar-refractivity contribution in [3.63, 3.8) is 0 Å². The van der Waals surface area contributed by atoms with E-state index in [0.717, 1.165) is 25.9 Å². The molecule has 1 aliphatic heterocycles. The molecule has 0 aliphatic carbocycles.